The van der Waals surface area contributed by atoms with Gasteiger partial charge < -0.3 is 14.9 Å². The molecule has 0 bridgehead atoms. The zero-order chi connectivity index (χ0) is 17.1. The molecule has 24 heavy (non-hydrogen) atoms. The van der Waals surface area contributed by atoms with E-state index in [1.54, 1.807) is 12.1 Å². The molecule has 124 valence electrons. The maximum atomic E-state index is 9.77. The summed E-state index contributed by atoms with van der Waals surface area (Å²) in [7, 11) is 1.50. The number of fused-ring (bicyclic) bond motifs is 1. The summed E-state index contributed by atoms with van der Waals surface area (Å²) in [6.45, 7) is 2.19. The quantitative estimate of drug-likeness (QED) is 0.690. The van der Waals surface area contributed by atoms with Gasteiger partial charge in [0.2, 0.25) is 0 Å². The molecular formula is C16H16N4O3S. The van der Waals surface area contributed by atoms with Crippen LogP contribution in [0.5, 0.6) is 11.5 Å². The Bertz CT molecular complexity index is 908. The van der Waals surface area contributed by atoms with Crippen molar-refractivity contribution in [3.8, 4) is 11.5 Å². The van der Waals surface area contributed by atoms with E-state index in [1.807, 2.05) is 13.0 Å². The molecule has 0 fully saturated rings. The van der Waals surface area contributed by atoms with Crippen molar-refractivity contribution in [2.75, 3.05) is 7.11 Å². The highest BCUT2D eigenvalue weighted by molar-refractivity contribution is 7.19. The number of rotatable bonds is 5. The molecule has 2 heterocycles. The number of aryl methyl sites for hydroxylation is 1. The van der Waals surface area contributed by atoms with Crippen LogP contribution in [-0.2, 0) is 13.2 Å². The van der Waals surface area contributed by atoms with E-state index >= 15 is 0 Å². The molecule has 0 unspecified atom stereocenters. The predicted octanol–water partition coefficient (Wildman–Crippen LogP) is 3.49. The van der Waals surface area contributed by atoms with Crippen molar-refractivity contribution in [3.05, 3.63) is 40.5 Å². The molecule has 3 aromatic rings. The molecule has 2 N–H and O–H groups in total. The van der Waals surface area contributed by atoms with Gasteiger partial charge in [-0.25, -0.2) is 9.97 Å². The Balaban J connectivity index is 1.84. The van der Waals surface area contributed by atoms with Crippen LogP contribution in [0.4, 0.5) is 5.82 Å². The largest absolute Gasteiger partial charge is 0.504 e. The van der Waals surface area contributed by atoms with Crippen molar-refractivity contribution in [3.63, 3.8) is 0 Å². The van der Waals surface area contributed by atoms with E-state index < -0.39 is 0 Å². The second kappa shape index (κ2) is 6.90. The zero-order valence-electron chi connectivity index (χ0n) is 13.2. The fraction of sp³-hybridized carbons (Fsp3) is 0.250. The zero-order valence-corrected chi connectivity index (χ0v) is 14.0. The number of hydrogen-bond donors (Lipinski definition) is 2. The summed E-state index contributed by atoms with van der Waals surface area (Å²) in [4.78, 5) is 9.26. The standard InChI is InChI=1S/C16H16N4O3S/c1-9-13(7-21)24-15-14(9)17-8-18-16(15)20-19-6-10-3-4-12(23-2)11(22)5-10/h3-5,8,21-22H,6-7H2,1-2H3. The lowest BCUT2D eigenvalue weighted by molar-refractivity contribution is 0.285. The number of nitrogens with zero attached hydrogens (tertiary/aromatic N) is 4. The minimum absolute atomic E-state index is 0.0332. The van der Waals surface area contributed by atoms with Crippen LogP contribution in [0.1, 0.15) is 16.0 Å². The van der Waals surface area contributed by atoms with Gasteiger partial charge in [-0.3, -0.25) is 0 Å². The molecule has 0 amide bonds. The van der Waals surface area contributed by atoms with Crippen molar-refractivity contribution in [1.82, 2.24) is 9.97 Å². The van der Waals surface area contributed by atoms with Gasteiger partial charge in [0, 0.05) is 4.88 Å². The third-order valence-electron chi connectivity index (χ3n) is 3.59. The molecule has 0 saturated heterocycles. The van der Waals surface area contributed by atoms with E-state index in [4.69, 9.17) is 4.74 Å². The van der Waals surface area contributed by atoms with Gasteiger partial charge in [0.1, 0.15) is 6.33 Å². The molecule has 1 aromatic carbocycles. The SMILES string of the molecule is COc1ccc(CN=Nc2ncnc3c(C)c(CO)sc23)cc1O. The van der Waals surface area contributed by atoms with Crippen LogP contribution in [0, 0.1) is 6.92 Å². The predicted molar refractivity (Wildman–Crippen MR) is 91.0 cm³/mol. The Morgan fingerprint density at radius 1 is 1.29 bits per heavy atom. The Kier molecular flexibility index (Phi) is 4.68. The molecule has 0 atom stereocenters. The highest BCUT2D eigenvalue weighted by Gasteiger charge is 2.13. The summed E-state index contributed by atoms with van der Waals surface area (Å²) >= 11 is 1.42. The lowest BCUT2D eigenvalue weighted by atomic mass is 10.2. The second-order valence-electron chi connectivity index (χ2n) is 5.09. The van der Waals surface area contributed by atoms with Gasteiger partial charge >= 0.3 is 0 Å². The fourth-order valence-corrected chi connectivity index (χ4v) is 3.35. The van der Waals surface area contributed by atoms with Crippen LogP contribution < -0.4 is 4.74 Å². The van der Waals surface area contributed by atoms with Crippen LogP contribution in [0.15, 0.2) is 34.8 Å². The van der Waals surface area contributed by atoms with Gasteiger partial charge in [0.15, 0.2) is 17.3 Å². The van der Waals surface area contributed by atoms with Crippen molar-refractivity contribution >= 4 is 27.4 Å². The van der Waals surface area contributed by atoms with Crippen molar-refractivity contribution in [1.29, 1.82) is 0 Å². The molecule has 0 aliphatic carbocycles. The van der Waals surface area contributed by atoms with Gasteiger partial charge in [-0.05, 0) is 30.2 Å². The molecule has 0 spiro atoms. The Morgan fingerprint density at radius 2 is 2.12 bits per heavy atom. The summed E-state index contributed by atoms with van der Waals surface area (Å²) in [6.07, 6.45) is 1.44. The number of benzene rings is 1. The first-order chi connectivity index (χ1) is 11.6. The van der Waals surface area contributed by atoms with E-state index in [1.165, 1.54) is 24.8 Å². The minimum Gasteiger partial charge on any atom is -0.504 e. The number of thiophene rings is 1. The number of phenolic OH excluding ortho intramolecular Hbond substituents is 1. The summed E-state index contributed by atoms with van der Waals surface area (Å²) in [6, 6.07) is 5.08. The highest BCUT2D eigenvalue weighted by Crippen LogP contribution is 2.34. The second-order valence-corrected chi connectivity index (χ2v) is 6.19. The van der Waals surface area contributed by atoms with Crippen molar-refractivity contribution < 1.29 is 14.9 Å². The number of aromatic nitrogens is 2. The lowest BCUT2D eigenvalue weighted by Crippen LogP contribution is -1.86. The Hall–Kier alpha value is -2.58. The number of azo groups is 1. The molecular weight excluding hydrogens is 328 g/mol. The van der Waals surface area contributed by atoms with E-state index in [0.717, 1.165) is 26.2 Å². The number of hydrogen-bond acceptors (Lipinski definition) is 8. The van der Waals surface area contributed by atoms with Crippen LogP contribution in [0.2, 0.25) is 0 Å². The smallest absolute Gasteiger partial charge is 0.195 e. The van der Waals surface area contributed by atoms with E-state index in [0.29, 0.717) is 18.1 Å². The van der Waals surface area contributed by atoms with Gasteiger partial charge in [-0.15, -0.1) is 16.5 Å². The summed E-state index contributed by atoms with van der Waals surface area (Å²) in [5, 5.41) is 27.5. The molecule has 7 nitrogen and oxygen atoms in total. The molecule has 3 rings (SSSR count). The maximum Gasteiger partial charge on any atom is 0.195 e. The normalized spacial score (nSPS) is 11.5. The Morgan fingerprint density at radius 3 is 2.83 bits per heavy atom. The van der Waals surface area contributed by atoms with Gasteiger partial charge in [0.25, 0.3) is 0 Å². The summed E-state index contributed by atoms with van der Waals surface area (Å²) < 4.78 is 5.81. The van der Waals surface area contributed by atoms with Crippen LogP contribution in [0.3, 0.4) is 0 Å². The van der Waals surface area contributed by atoms with E-state index in [9.17, 15) is 10.2 Å². The molecule has 8 heteroatoms. The first kappa shape index (κ1) is 16.3. The number of ether oxygens (including phenoxy) is 1. The number of phenols is 1. The third kappa shape index (κ3) is 3.06. The number of aliphatic hydroxyl groups excluding tert-OH is 1. The molecule has 0 radical (unpaired) electrons. The first-order valence-corrected chi connectivity index (χ1v) is 8.03. The molecule has 0 aliphatic rings. The van der Waals surface area contributed by atoms with Gasteiger partial charge in [-0.1, -0.05) is 6.07 Å². The van der Waals surface area contributed by atoms with Crippen molar-refractivity contribution in [2.45, 2.75) is 20.1 Å². The third-order valence-corrected chi connectivity index (χ3v) is 4.85. The molecule has 2 aromatic heterocycles. The monoisotopic (exact) mass is 344 g/mol. The Labute approximate surface area is 142 Å². The summed E-state index contributed by atoms with van der Waals surface area (Å²) in [5.41, 5.74) is 2.53. The molecule has 0 aliphatic heterocycles. The van der Waals surface area contributed by atoms with Crippen LogP contribution in [0.25, 0.3) is 10.2 Å². The van der Waals surface area contributed by atoms with Gasteiger partial charge in [0.05, 0.1) is 30.5 Å². The fourth-order valence-electron chi connectivity index (χ4n) is 2.30. The van der Waals surface area contributed by atoms with Gasteiger partial charge in [-0.2, -0.15) is 5.11 Å². The number of aliphatic hydroxyl groups is 1. The summed E-state index contributed by atoms with van der Waals surface area (Å²) in [5.74, 6) is 0.959. The van der Waals surface area contributed by atoms with E-state index in [2.05, 4.69) is 20.2 Å². The number of methoxy groups -OCH3 is 1. The lowest BCUT2D eigenvalue weighted by Gasteiger charge is -2.03. The van der Waals surface area contributed by atoms with E-state index in [-0.39, 0.29) is 12.4 Å². The van der Waals surface area contributed by atoms with Crippen LogP contribution >= 0.6 is 11.3 Å². The maximum absolute atomic E-state index is 9.77. The highest BCUT2D eigenvalue weighted by atomic mass is 32.1. The average molecular weight is 344 g/mol. The number of aromatic hydroxyl groups is 1. The van der Waals surface area contributed by atoms with Crippen molar-refractivity contribution in [2.24, 2.45) is 10.2 Å². The first-order valence-electron chi connectivity index (χ1n) is 7.21. The molecule has 0 saturated carbocycles. The topological polar surface area (TPSA) is 100 Å². The average Bonchev–Trinajstić information content (AvgIpc) is 2.92. The van der Waals surface area contributed by atoms with Crippen LogP contribution in [-0.4, -0.2) is 27.3 Å². The minimum atomic E-state index is -0.0332.